The van der Waals surface area contributed by atoms with Crippen molar-refractivity contribution in [2.75, 3.05) is 0 Å². The maximum absolute atomic E-state index is 8.75. The Morgan fingerprint density at radius 2 is 1.56 bits per heavy atom. The van der Waals surface area contributed by atoms with Crippen molar-refractivity contribution in [1.29, 1.82) is 10.5 Å². The van der Waals surface area contributed by atoms with E-state index in [1.807, 2.05) is 42.5 Å². The van der Waals surface area contributed by atoms with E-state index in [-0.39, 0.29) is 11.4 Å². The molecular weight excluding hydrogens is 287 g/mol. The molecule has 2 rings (SSSR count). The predicted molar refractivity (Wildman–Crippen MR) is 64.1 cm³/mol. The van der Waals surface area contributed by atoms with E-state index in [2.05, 4.69) is 8.02 Å². The van der Waals surface area contributed by atoms with Gasteiger partial charge in [0, 0.05) is 0 Å². The quantitative estimate of drug-likeness (QED) is 0.779. The number of hydrogen-bond acceptors (Lipinski definition) is 5. The van der Waals surface area contributed by atoms with Gasteiger partial charge in [0.1, 0.15) is 0 Å². The van der Waals surface area contributed by atoms with E-state index < -0.39 is 13.2 Å². The molecule has 0 amide bonds. The molecule has 0 spiro atoms. The zero-order valence-electron chi connectivity index (χ0n) is 7.99. The Balaban J connectivity index is 2.16. The van der Waals surface area contributed by atoms with Crippen molar-refractivity contribution < 1.29 is 0 Å². The number of nitriles is 2. The summed E-state index contributed by atoms with van der Waals surface area (Å²) in [7, 11) is 1.54. The fraction of sp³-hybridized carbons (Fsp3) is 0. The molecule has 0 saturated carbocycles. The fourth-order valence-electron chi connectivity index (χ4n) is 1.01. The van der Waals surface area contributed by atoms with Crippen LogP contribution in [0.1, 0.15) is 0 Å². The van der Waals surface area contributed by atoms with Crippen LogP contribution in [0.3, 0.4) is 0 Å². The van der Waals surface area contributed by atoms with Crippen LogP contribution in [-0.2, 0) is 0 Å². The first-order valence-electron chi connectivity index (χ1n) is 4.29. The van der Waals surface area contributed by atoms with Gasteiger partial charge < -0.3 is 0 Å². The molecule has 0 bridgehead atoms. The van der Waals surface area contributed by atoms with Crippen LogP contribution in [0, 0.1) is 22.7 Å². The summed E-state index contributed by atoms with van der Waals surface area (Å²) in [4.78, 5) is 1.07. The average Bonchev–Trinajstić information content (AvgIpc) is 2.72. The molecule has 6 heteroatoms. The zero-order valence-corrected chi connectivity index (χ0v) is 10.5. The standard InChI is InChI=1S/C10H5N4SSe/c11-6-9-10(7-12)14-16(13-9)15-8-4-2-1-3-5-8/h1-5H. The van der Waals surface area contributed by atoms with Gasteiger partial charge in [-0.25, -0.2) is 0 Å². The Morgan fingerprint density at radius 3 is 2.06 bits per heavy atom. The van der Waals surface area contributed by atoms with Gasteiger partial charge in [-0.1, -0.05) is 0 Å². The van der Waals surface area contributed by atoms with Gasteiger partial charge >= 0.3 is 101 Å². The second-order valence-electron chi connectivity index (χ2n) is 2.73. The van der Waals surface area contributed by atoms with Gasteiger partial charge in [-0.3, -0.25) is 0 Å². The maximum atomic E-state index is 8.75. The van der Waals surface area contributed by atoms with E-state index in [1.54, 1.807) is 0 Å². The molecule has 1 aliphatic heterocycles. The Labute approximate surface area is 101 Å². The van der Waals surface area contributed by atoms with Crippen molar-refractivity contribution in [3.63, 3.8) is 0 Å². The topological polar surface area (TPSA) is 72.3 Å². The molecule has 16 heavy (non-hydrogen) atoms. The Kier molecular flexibility index (Phi) is 3.38. The van der Waals surface area contributed by atoms with Crippen LogP contribution in [0.4, 0.5) is 0 Å². The molecule has 1 aliphatic rings. The van der Waals surface area contributed by atoms with E-state index in [9.17, 15) is 0 Å². The summed E-state index contributed by atoms with van der Waals surface area (Å²) in [6.07, 6.45) is 0. The first-order valence-corrected chi connectivity index (χ1v) is 8.66. The molecule has 0 N–H and O–H groups in total. The third-order valence-electron chi connectivity index (χ3n) is 1.69. The van der Waals surface area contributed by atoms with Crippen molar-refractivity contribution in [1.82, 2.24) is 0 Å². The Morgan fingerprint density at radius 1 is 1.00 bits per heavy atom. The molecule has 1 heterocycles. The normalized spacial score (nSPS) is 14.9. The molecule has 0 unspecified atom stereocenters. The Hall–Kier alpha value is -1.59. The van der Waals surface area contributed by atoms with E-state index >= 15 is 0 Å². The van der Waals surface area contributed by atoms with Gasteiger partial charge in [-0.2, -0.15) is 0 Å². The minimum absolute atomic E-state index is 0.177. The summed E-state index contributed by atoms with van der Waals surface area (Å²) < 4.78 is 8.34. The SMILES string of the molecule is N#CC1=N[Se](Sc2ccccc2)N=C1C#N. The van der Waals surface area contributed by atoms with Crippen LogP contribution in [0.25, 0.3) is 0 Å². The third kappa shape index (κ3) is 2.32. The minimum atomic E-state index is -1.67. The van der Waals surface area contributed by atoms with Crippen molar-refractivity contribution >= 4 is 34.8 Å². The van der Waals surface area contributed by atoms with Crippen LogP contribution < -0.4 is 0 Å². The molecule has 0 aliphatic carbocycles. The van der Waals surface area contributed by atoms with Crippen molar-refractivity contribution in [3.05, 3.63) is 30.3 Å². The number of nitrogens with zero attached hydrogens (tertiary/aromatic N) is 4. The van der Waals surface area contributed by atoms with E-state index in [0.717, 1.165) is 4.90 Å². The average molecular weight is 292 g/mol. The van der Waals surface area contributed by atoms with Crippen molar-refractivity contribution in [2.45, 2.75) is 4.90 Å². The van der Waals surface area contributed by atoms with Gasteiger partial charge in [0.25, 0.3) is 0 Å². The molecule has 4 nitrogen and oxygen atoms in total. The number of rotatable bonds is 2. The summed E-state index contributed by atoms with van der Waals surface area (Å²) in [5.74, 6) is 0. The van der Waals surface area contributed by atoms with E-state index in [4.69, 9.17) is 10.5 Å². The molecule has 77 valence electrons. The molecule has 1 aromatic rings. The summed E-state index contributed by atoms with van der Waals surface area (Å²) in [6, 6.07) is 13.5. The van der Waals surface area contributed by atoms with Crippen LogP contribution in [-0.4, -0.2) is 24.6 Å². The van der Waals surface area contributed by atoms with Crippen LogP contribution in [0.15, 0.2) is 43.2 Å². The molecule has 0 aromatic heterocycles. The van der Waals surface area contributed by atoms with Gasteiger partial charge in [-0.15, -0.1) is 0 Å². The molecule has 0 fully saturated rings. The number of hydrogen-bond donors (Lipinski definition) is 0. The van der Waals surface area contributed by atoms with Crippen molar-refractivity contribution in [2.24, 2.45) is 8.02 Å². The summed E-state index contributed by atoms with van der Waals surface area (Å²) in [5, 5.41) is 17.5. The first-order chi connectivity index (χ1) is 7.83. The summed E-state index contributed by atoms with van der Waals surface area (Å²) >= 11 is -1.67. The molecule has 1 radical (unpaired) electrons. The van der Waals surface area contributed by atoms with Gasteiger partial charge in [0.2, 0.25) is 0 Å². The van der Waals surface area contributed by atoms with Gasteiger partial charge in [0.05, 0.1) is 0 Å². The van der Waals surface area contributed by atoms with E-state index in [0.29, 0.717) is 0 Å². The predicted octanol–water partition coefficient (Wildman–Crippen LogP) is 1.71. The first kappa shape index (κ1) is 10.9. The second kappa shape index (κ2) is 4.96. The Bertz CT molecular complexity index is 508. The van der Waals surface area contributed by atoms with Crippen molar-refractivity contribution in [3.8, 4) is 12.1 Å². The molecule has 0 atom stereocenters. The summed E-state index contributed by atoms with van der Waals surface area (Å²) in [6.45, 7) is 0. The molecule has 1 aromatic carbocycles. The molecule has 0 saturated heterocycles. The summed E-state index contributed by atoms with van der Waals surface area (Å²) in [5.41, 5.74) is 0.354. The van der Waals surface area contributed by atoms with Gasteiger partial charge in [-0.05, 0) is 0 Å². The van der Waals surface area contributed by atoms with Crippen LogP contribution >= 0.6 is 10.2 Å². The number of benzene rings is 1. The van der Waals surface area contributed by atoms with Crippen LogP contribution in [0.5, 0.6) is 0 Å². The second-order valence-corrected chi connectivity index (χ2v) is 7.70. The van der Waals surface area contributed by atoms with Crippen LogP contribution in [0.2, 0.25) is 0 Å². The fourth-order valence-corrected chi connectivity index (χ4v) is 5.83. The monoisotopic (exact) mass is 293 g/mol. The molecular formula is C10H5N4SSe. The van der Waals surface area contributed by atoms with E-state index in [1.165, 1.54) is 10.2 Å². The van der Waals surface area contributed by atoms with Gasteiger partial charge in [0.15, 0.2) is 0 Å². The third-order valence-corrected chi connectivity index (χ3v) is 6.65. The zero-order chi connectivity index (χ0) is 11.4.